The van der Waals surface area contributed by atoms with Crippen molar-refractivity contribution < 1.29 is 54.8 Å². The van der Waals surface area contributed by atoms with Gasteiger partial charge in [-0.1, -0.05) is 0 Å². The Morgan fingerprint density at radius 2 is 0.875 bits per heavy atom. The number of ether oxygens (including phenoxy) is 2. The Balaban J connectivity index is 1.97. The molecule has 0 amide bonds. The summed E-state index contributed by atoms with van der Waals surface area (Å²) >= 11 is 0. The molecule has 0 atom stereocenters. The van der Waals surface area contributed by atoms with E-state index in [2.05, 4.69) is 9.47 Å². The third-order valence-electron chi connectivity index (χ3n) is 4.04. The summed E-state index contributed by atoms with van der Waals surface area (Å²) in [4.78, 5) is 0. The van der Waals surface area contributed by atoms with Gasteiger partial charge in [-0.3, -0.25) is 0 Å². The lowest BCUT2D eigenvalue weighted by Gasteiger charge is -2.14. The highest BCUT2D eigenvalue weighted by Crippen LogP contribution is 2.42. The van der Waals surface area contributed by atoms with E-state index in [4.69, 9.17) is 0 Å². The molecule has 0 heterocycles. The minimum atomic E-state index is -5.05. The number of hydrogen-bond acceptors (Lipinski definition) is 4. The molecule has 0 saturated heterocycles. The van der Waals surface area contributed by atoms with Crippen molar-refractivity contribution in [3.05, 3.63) is 60.2 Å². The van der Waals surface area contributed by atoms with Crippen LogP contribution in [-0.2, 0) is 0 Å². The zero-order valence-electron chi connectivity index (χ0n) is 15.4. The van der Waals surface area contributed by atoms with Crippen molar-refractivity contribution in [1.82, 2.24) is 0 Å². The third kappa shape index (κ3) is 5.31. The maximum Gasteiger partial charge on any atom is 0.573 e. The number of hydrogen-bond donors (Lipinski definition) is 2. The fraction of sp³-hybridized carbons (Fsp3) is 0.100. The van der Waals surface area contributed by atoms with Gasteiger partial charge in [-0.25, -0.2) is 8.78 Å². The molecule has 170 valence electrons. The molecule has 0 aromatic heterocycles. The SMILES string of the molecule is Oc1cc(-c2ccc(OC(F)(F)F)cc2F)c(O)cc1-c1ccc(OC(F)(F)F)cc1F. The summed E-state index contributed by atoms with van der Waals surface area (Å²) in [5, 5.41) is 20.4. The first-order chi connectivity index (χ1) is 14.7. The van der Waals surface area contributed by atoms with Crippen LogP contribution in [0.4, 0.5) is 35.1 Å². The second-order valence-electron chi connectivity index (χ2n) is 6.27. The van der Waals surface area contributed by atoms with E-state index in [0.717, 1.165) is 36.4 Å². The first kappa shape index (κ1) is 23.0. The largest absolute Gasteiger partial charge is 0.573 e. The molecule has 4 nitrogen and oxygen atoms in total. The van der Waals surface area contributed by atoms with Gasteiger partial charge < -0.3 is 19.7 Å². The predicted octanol–water partition coefficient (Wildman–Crippen LogP) is 6.51. The Hall–Kier alpha value is -3.70. The quantitative estimate of drug-likeness (QED) is 0.340. The highest BCUT2D eigenvalue weighted by atomic mass is 19.4. The molecule has 3 rings (SSSR count). The lowest BCUT2D eigenvalue weighted by atomic mass is 9.97. The number of phenols is 2. The lowest BCUT2D eigenvalue weighted by Crippen LogP contribution is -2.17. The van der Waals surface area contributed by atoms with Crippen LogP contribution >= 0.6 is 0 Å². The standard InChI is InChI=1S/C20H10F8O4/c21-15-5-9(31-19(23,24)25)1-3-11(15)13-7-18(30)14(8-17(13)29)12-4-2-10(6-16(12)22)32-20(26,27)28/h1-8,29-30H. The van der Waals surface area contributed by atoms with Crippen LogP contribution in [0.25, 0.3) is 22.3 Å². The molecule has 3 aromatic carbocycles. The van der Waals surface area contributed by atoms with E-state index in [9.17, 15) is 45.3 Å². The summed E-state index contributed by atoms with van der Waals surface area (Å²) in [6.45, 7) is 0. The fourth-order valence-electron chi connectivity index (χ4n) is 2.83. The maximum absolute atomic E-state index is 14.3. The fourth-order valence-corrected chi connectivity index (χ4v) is 2.83. The molecule has 32 heavy (non-hydrogen) atoms. The maximum atomic E-state index is 14.3. The smallest absolute Gasteiger partial charge is 0.507 e. The monoisotopic (exact) mass is 466 g/mol. The number of aromatic hydroxyl groups is 2. The summed E-state index contributed by atoms with van der Waals surface area (Å²) in [7, 11) is 0. The van der Waals surface area contributed by atoms with Crippen LogP contribution in [0.1, 0.15) is 0 Å². The van der Waals surface area contributed by atoms with Gasteiger partial charge in [0.05, 0.1) is 0 Å². The molecule has 0 aliphatic carbocycles. The Morgan fingerprint density at radius 3 is 1.16 bits per heavy atom. The minimum Gasteiger partial charge on any atom is -0.507 e. The Kier molecular flexibility index (Phi) is 5.81. The van der Waals surface area contributed by atoms with Crippen LogP contribution in [0.2, 0.25) is 0 Å². The summed E-state index contributed by atoms with van der Waals surface area (Å²) < 4.78 is 109. The number of halogens is 8. The van der Waals surface area contributed by atoms with Gasteiger partial charge in [0, 0.05) is 34.4 Å². The van der Waals surface area contributed by atoms with Gasteiger partial charge in [-0.2, -0.15) is 0 Å². The molecule has 3 aromatic rings. The summed E-state index contributed by atoms with van der Waals surface area (Å²) in [6, 6.07) is 5.70. The van der Waals surface area contributed by atoms with Crippen molar-refractivity contribution in [3.8, 4) is 45.3 Å². The molecule has 0 spiro atoms. The van der Waals surface area contributed by atoms with Crippen LogP contribution in [-0.4, -0.2) is 22.9 Å². The molecule has 2 N–H and O–H groups in total. The highest BCUT2D eigenvalue weighted by Gasteiger charge is 2.32. The van der Waals surface area contributed by atoms with E-state index in [1.54, 1.807) is 0 Å². The third-order valence-corrected chi connectivity index (χ3v) is 4.04. The van der Waals surface area contributed by atoms with Crippen LogP contribution in [0.3, 0.4) is 0 Å². The summed E-state index contributed by atoms with van der Waals surface area (Å²) in [5.74, 6) is -5.57. The number of rotatable bonds is 4. The van der Waals surface area contributed by atoms with Gasteiger partial charge in [-0.15, -0.1) is 26.3 Å². The van der Waals surface area contributed by atoms with Crippen LogP contribution in [0, 0.1) is 11.6 Å². The Bertz CT molecular complexity index is 1060. The molecule has 0 bridgehead atoms. The molecule has 0 fully saturated rings. The number of benzene rings is 3. The van der Waals surface area contributed by atoms with Crippen molar-refractivity contribution in [2.75, 3.05) is 0 Å². The van der Waals surface area contributed by atoms with Crippen molar-refractivity contribution in [3.63, 3.8) is 0 Å². The Morgan fingerprint density at radius 1 is 0.531 bits per heavy atom. The number of phenolic OH excluding ortho intramolecular Hbond substituents is 2. The number of alkyl halides is 6. The molecule has 0 aliphatic heterocycles. The normalized spacial score (nSPS) is 12.0. The van der Waals surface area contributed by atoms with Crippen LogP contribution in [0.15, 0.2) is 48.5 Å². The average molecular weight is 466 g/mol. The second kappa shape index (κ2) is 8.09. The van der Waals surface area contributed by atoms with Crippen molar-refractivity contribution >= 4 is 0 Å². The van der Waals surface area contributed by atoms with Gasteiger partial charge in [0.1, 0.15) is 34.6 Å². The summed E-state index contributed by atoms with van der Waals surface area (Å²) in [5.41, 5.74) is -1.51. The second-order valence-corrected chi connectivity index (χ2v) is 6.27. The zero-order chi connectivity index (χ0) is 23.8. The van der Waals surface area contributed by atoms with Crippen LogP contribution in [0.5, 0.6) is 23.0 Å². The molecule has 0 radical (unpaired) electrons. The molecular formula is C20H10F8O4. The van der Waals surface area contributed by atoms with Crippen LogP contribution < -0.4 is 9.47 Å². The Labute approximate surface area is 173 Å². The van der Waals surface area contributed by atoms with E-state index < -0.39 is 58.5 Å². The van der Waals surface area contributed by atoms with Gasteiger partial charge in [0.15, 0.2) is 0 Å². The predicted molar refractivity (Wildman–Crippen MR) is 93.9 cm³/mol. The molecular weight excluding hydrogens is 456 g/mol. The topological polar surface area (TPSA) is 58.9 Å². The first-order valence-electron chi connectivity index (χ1n) is 8.41. The van der Waals surface area contributed by atoms with E-state index in [0.29, 0.717) is 12.1 Å². The molecule has 12 heteroatoms. The average Bonchev–Trinajstić information content (AvgIpc) is 2.61. The van der Waals surface area contributed by atoms with Crippen molar-refractivity contribution in [1.29, 1.82) is 0 Å². The molecule has 0 unspecified atom stereocenters. The van der Waals surface area contributed by atoms with E-state index in [1.807, 2.05) is 0 Å². The lowest BCUT2D eigenvalue weighted by molar-refractivity contribution is -0.275. The zero-order valence-corrected chi connectivity index (χ0v) is 15.4. The van der Waals surface area contributed by atoms with E-state index in [1.165, 1.54) is 0 Å². The van der Waals surface area contributed by atoms with Crippen molar-refractivity contribution in [2.24, 2.45) is 0 Å². The van der Waals surface area contributed by atoms with Gasteiger partial charge >= 0.3 is 12.7 Å². The van der Waals surface area contributed by atoms with Gasteiger partial charge in [0.25, 0.3) is 0 Å². The highest BCUT2D eigenvalue weighted by molar-refractivity contribution is 5.81. The van der Waals surface area contributed by atoms with E-state index in [-0.39, 0.29) is 11.1 Å². The first-order valence-corrected chi connectivity index (χ1v) is 8.41. The molecule has 0 saturated carbocycles. The van der Waals surface area contributed by atoms with Gasteiger partial charge in [-0.05, 0) is 36.4 Å². The van der Waals surface area contributed by atoms with E-state index >= 15 is 0 Å². The van der Waals surface area contributed by atoms with Gasteiger partial charge in [0.2, 0.25) is 0 Å². The minimum absolute atomic E-state index is 0.347. The van der Waals surface area contributed by atoms with Crippen molar-refractivity contribution in [2.45, 2.75) is 12.7 Å². The molecule has 0 aliphatic rings. The summed E-state index contributed by atoms with van der Waals surface area (Å²) in [6.07, 6.45) is -10.1.